The summed E-state index contributed by atoms with van der Waals surface area (Å²) in [6, 6.07) is 2.54. The van der Waals surface area contributed by atoms with Crippen LogP contribution in [0.2, 0.25) is 0 Å². The topological polar surface area (TPSA) is 29.9 Å². The third-order valence-corrected chi connectivity index (χ3v) is 2.78. The van der Waals surface area contributed by atoms with E-state index in [1.54, 1.807) is 0 Å². The van der Waals surface area contributed by atoms with E-state index in [4.69, 9.17) is 0 Å². The van der Waals surface area contributed by atoms with Crippen LogP contribution < -0.4 is 5.32 Å². The summed E-state index contributed by atoms with van der Waals surface area (Å²) in [5.74, 6) is 0. The van der Waals surface area contributed by atoms with Gasteiger partial charge in [0.05, 0.1) is 17.4 Å². The minimum Gasteiger partial charge on any atom is -0.311 e. The van der Waals surface area contributed by atoms with Crippen LogP contribution in [0, 0.1) is 5.41 Å². The lowest BCUT2D eigenvalue weighted by atomic mass is 9.84. The van der Waals surface area contributed by atoms with Gasteiger partial charge in [0, 0.05) is 7.05 Å². The van der Waals surface area contributed by atoms with Crippen LogP contribution >= 0.6 is 0 Å². The van der Waals surface area contributed by atoms with Crippen molar-refractivity contribution in [1.82, 2.24) is 15.1 Å². The molecule has 1 atom stereocenters. The third-order valence-electron chi connectivity index (χ3n) is 2.78. The maximum absolute atomic E-state index is 4.49. The Kier molecular flexibility index (Phi) is 3.55. The minimum atomic E-state index is 0.202. The van der Waals surface area contributed by atoms with Crippen molar-refractivity contribution < 1.29 is 0 Å². The number of aromatic nitrogens is 2. The molecule has 86 valence electrons. The molecule has 0 aromatic carbocycles. The molecule has 1 aromatic heterocycles. The lowest BCUT2D eigenvalue weighted by Gasteiger charge is -2.30. The molecule has 1 rings (SSSR count). The molecule has 0 aliphatic heterocycles. The lowest BCUT2D eigenvalue weighted by molar-refractivity contribution is 0.274. The number of nitrogens with zero attached hydrogens (tertiary/aromatic N) is 2. The quantitative estimate of drug-likeness (QED) is 0.827. The smallest absolute Gasteiger partial charge is 0.0625 e. The number of rotatable bonds is 3. The Labute approximate surface area is 92.9 Å². The molecule has 0 bridgehead atoms. The predicted octanol–water partition coefficient (Wildman–Crippen LogP) is 2.29. The van der Waals surface area contributed by atoms with Crippen molar-refractivity contribution in [3.05, 3.63) is 17.5 Å². The first-order valence-electron chi connectivity index (χ1n) is 5.60. The fourth-order valence-corrected chi connectivity index (χ4v) is 2.01. The molecule has 1 unspecified atom stereocenters. The van der Waals surface area contributed by atoms with Crippen LogP contribution in [0.4, 0.5) is 0 Å². The fourth-order valence-electron chi connectivity index (χ4n) is 2.01. The van der Waals surface area contributed by atoms with Gasteiger partial charge in [0.25, 0.3) is 0 Å². The van der Waals surface area contributed by atoms with Crippen molar-refractivity contribution in [3.63, 3.8) is 0 Å². The van der Waals surface area contributed by atoms with E-state index in [1.165, 1.54) is 5.69 Å². The fraction of sp³-hybridized carbons (Fsp3) is 0.750. The van der Waals surface area contributed by atoms with E-state index in [2.05, 4.69) is 44.2 Å². The SMILES string of the molecule is CCc1cc(C(NC)C(C)(C)C)n(C)n1. The van der Waals surface area contributed by atoms with E-state index in [1.807, 2.05) is 18.8 Å². The zero-order valence-corrected chi connectivity index (χ0v) is 10.8. The lowest BCUT2D eigenvalue weighted by Crippen LogP contribution is -2.31. The van der Waals surface area contributed by atoms with Crippen molar-refractivity contribution >= 4 is 0 Å². The molecule has 0 aliphatic carbocycles. The van der Waals surface area contributed by atoms with Gasteiger partial charge >= 0.3 is 0 Å². The van der Waals surface area contributed by atoms with Gasteiger partial charge in [-0.1, -0.05) is 27.7 Å². The molecular formula is C12H23N3. The van der Waals surface area contributed by atoms with Gasteiger partial charge in [0.15, 0.2) is 0 Å². The molecular weight excluding hydrogens is 186 g/mol. The van der Waals surface area contributed by atoms with Crippen LogP contribution in [0.25, 0.3) is 0 Å². The van der Waals surface area contributed by atoms with Crippen molar-refractivity contribution in [2.24, 2.45) is 12.5 Å². The van der Waals surface area contributed by atoms with Crippen molar-refractivity contribution in [2.75, 3.05) is 7.05 Å². The van der Waals surface area contributed by atoms with Gasteiger partial charge in [-0.3, -0.25) is 4.68 Å². The van der Waals surface area contributed by atoms with Crippen LogP contribution in [0.15, 0.2) is 6.07 Å². The molecule has 1 aromatic rings. The van der Waals surface area contributed by atoms with Crippen molar-refractivity contribution in [3.8, 4) is 0 Å². The second-order valence-corrected chi connectivity index (χ2v) is 5.13. The van der Waals surface area contributed by atoms with E-state index in [-0.39, 0.29) is 5.41 Å². The van der Waals surface area contributed by atoms with Gasteiger partial charge in [-0.05, 0) is 24.9 Å². The summed E-state index contributed by atoms with van der Waals surface area (Å²) in [4.78, 5) is 0. The van der Waals surface area contributed by atoms with Crippen molar-refractivity contribution in [2.45, 2.75) is 40.2 Å². The molecule has 0 fully saturated rings. The second kappa shape index (κ2) is 4.35. The zero-order valence-electron chi connectivity index (χ0n) is 10.8. The highest BCUT2D eigenvalue weighted by atomic mass is 15.3. The highest BCUT2D eigenvalue weighted by molar-refractivity contribution is 5.16. The summed E-state index contributed by atoms with van der Waals surface area (Å²) in [6.45, 7) is 8.87. The van der Waals surface area contributed by atoms with E-state index >= 15 is 0 Å². The molecule has 1 N–H and O–H groups in total. The molecule has 3 heteroatoms. The molecule has 1 heterocycles. The summed E-state index contributed by atoms with van der Waals surface area (Å²) in [5, 5.41) is 7.86. The summed E-state index contributed by atoms with van der Waals surface area (Å²) in [6.07, 6.45) is 0.994. The normalized spacial score (nSPS) is 14.3. The molecule has 0 radical (unpaired) electrons. The Hall–Kier alpha value is -0.830. The number of hydrogen-bond donors (Lipinski definition) is 1. The van der Waals surface area contributed by atoms with Gasteiger partial charge < -0.3 is 5.32 Å². The van der Waals surface area contributed by atoms with Gasteiger partial charge in [-0.15, -0.1) is 0 Å². The Morgan fingerprint density at radius 3 is 2.40 bits per heavy atom. The molecule has 0 spiro atoms. The first-order valence-corrected chi connectivity index (χ1v) is 5.60. The number of hydrogen-bond acceptors (Lipinski definition) is 2. The Balaban J connectivity index is 3.07. The molecule has 0 aliphatic rings. The van der Waals surface area contributed by atoms with E-state index in [9.17, 15) is 0 Å². The summed E-state index contributed by atoms with van der Waals surface area (Å²) in [5.41, 5.74) is 2.63. The second-order valence-electron chi connectivity index (χ2n) is 5.13. The third kappa shape index (κ3) is 2.59. The van der Waals surface area contributed by atoms with Crippen molar-refractivity contribution in [1.29, 1.82) is 0 Å². The number of nitrogens with one attached hydrogen (secondary N) is 1. The van der Waals surface area contributed by atoms with Crippen LogP contribution in [-0.2, 0) is 13.5 Å². The van der Waals surface area contributed by atoms with E-state index < -0.39 is 0 Å². The van der Waals surface area contributed by atoms with Crippen LogP contribution in [-0.4, -0.2) is 16.8 Å². The Morgan fingerprint density at radius 1 is 1.47 bits per heavy atom. The molecule has 3 nitrogen and oxygen atoms in total. The largest absolute Gasteiger partial charge is 0.311 e. The Bertz CT molecular complexity index is 320. The maximum Gasteiger partial charge on any atom is 0.0625 e. The van der Waals surface area contributed by atoms with Crippen LogP contribution in [0.3, 0.4) is 0 Å². The number of aryl methyl sites for hydroxylation is 2. The zero-order chi connectivity index (χ0) is 11.6. The van der Waals surface area contributed by atoms with Crippen LogP contribution in [0.5, 0.6) is 0 Å². The monoisotopic (exact) mass is 209 g/mol. The molecule has 0 saturated heterocycles. The van der Waals surface area contributed by atoms with Gasteiger partial charge in [0.2, 0.25) is 0 Å². The summed E-state index contributed by atoms with van der Waals surface area (Å²) < 4.78 is 1.99. The van der Waals surface area contributed by atoms with Gasteiger partial charge in [-0.2, -0.15) is 5.10 Å². The molecule has 0 saturated carbocycles. The summed E-state index contributed by atoms with van der Waals surface area (Å²) in [7, 11) is 4.03. The predicted molar refractivity (Wildman–Crippen MR) is 63.8 cm³/mol. The maximum atomic E-state index is 4.49. The van der Waals surface area contributed by atoms with Gasteiger partial charge in [0.1, 0.15) is 0 Å². The highest BCUT2D eigenvalue weighted by Crippen LogP contribution is 2.32. The standard InChI is InChI=1S/C12H23N3/c1-7-9-8-10(15(6)14-9)11(13-5)12(2,3)4/h8,11,13H,7H2,1-6H3. The Morgan fingerprint density at radius 2 is 2.07 bits per heavy atom. The first-order chi connectivity index (χ1) is 6.90. The summed E-state index contributed by atoms with van der Waals surface area (Å²) >= 11 is 0. The van der Waals surface area contributed by atoms with Gasteiger partial charge in [-0.25, -0.2) is 0 Å². The minimum absolute atomic E-state index is 0.202. The molecule has 0 amide bonds. The molecule has 15 heavy (non-hydrogen) atoms. The van der Waals surface area contributed by atoms with E-state index in [0.29, 0.717) is 6.04 Å². The highest BCUT2D eigenvalue weighted by Gasteiger charge is 2.27. The first kappa shape index (κ1) is 12.2. The average molecular weight is 209 g/mol. The van der Waals surface area contributed by atoms with E-state index in [0.717, 1.165) is 12.1 Å². The average Bonchev–Trinajstić information content (AvgIpc) is 2.46. The van der Waals surface area contributed by atoms with Crippen LogP contribution in [0.1, 0.15) is 45.1 Å².